The maximum Gasteiger partial charge on any atom is 0.225 e. The molecule has 0 amide bonds. The standard InChI is InChI=1S/C7H7N5O/c8-6-10-5(11-7(9)12-6)4-2-1-3-13-4/h1-3H,(H4,8,9,10,11,12). The van der Waals surface area contributed by atoms with Crippen molar-refractivity contribution in [3.63, 3.8) is 0 Å². The molecule has 2 aromatic rings. The highest BCUT2D eigenvalue weighted by Gasteiger charge is 2.06. The molecule has 0 atom stereocenters. The number of hydrogen-bond acceptors (Lipinski definition) is 6. The molecule has 6 heteroatoms. The Hall–Kier alpha value is -2.11. The molecule has 0 radical (unpaired) electrons. The zero-order chi connectivity index (χ0) is 9.26. The summed E-state index contributed by atoms with van der Waals surface area (Å²) in [5.41, 5.74) is 10.8. The molecular weight excluding hydrogens is 170 g/mol. The van der Waals surface area contributed by atoms with Crippen molar-refractivity contribution >= 4 is 11.9 Å². The van der Waals surface area contributed by atoms with Gasteiger partial charge in [-0.3, -0.25) is 0 Å². The summed E-state index contributed by atoms with van der Waals surface area (Å²) in [6.45, 7) is 0. The SMILES string of the molecule is Nc1nc(N)nc(-c2ccco2)n1. The van der Waals surface area contributed by atoms with Gasteiger partial charge in [-0.1, -0.05) is 0 Å². The minimum Gasteiger partial charge on any atom is -0.461 e. The molecule has 4 N–H and O–H groups in total. The molecular formula is C7H7N5O. The fourth-order valence-corrected chi connectivity index (χ4v) is 0.925. The minimum absolute atomic E-state index is 0.0823. The number of nitrogen functional groups attached to an aromatic ring is 2. The molecule has 0 spiro atoms. The van der Waals surface area contributed by atoms with Crippen molar-refractivity contribution in [3.05, 3.63) is 18.4 Å². The van der Waals surface area contributed by atoms with Gasteiger partial charge in [0.25, 0.3) is 0 Å². The van der Waals surface area contributed by atoms with Gasteiger partial charge in [0.05, 0.1) is 6.26 Å². The Morgan fingerprint density at radius 2 is 1.77 bits per heavy atom. The summed E-state index contributed by atoms with van der Waals surface area (Å²) < 4.78 is 5.07. The molecule has 2 heterocycles. The molecule has 13 heavy (non-hydrogen) atoms. The van der Waals surface area contributed by atoms with Gasteiger partial charge in [0.1, 0.15) is 0 Å². The molecule has 0 fully saturated rings. The summed E-state index contributed by atoms with van der Waals surface area (Å²) in [5.74, 6) is 1.02. The summed E-state index contributed by atoms with van der Waals surface area (Å²) in [4.78, 5) is 11.4. The van der Waals surface area contributed by atoms with E-state index in [0.717, 1.165) is 0 Å². The predicted octanol–water partition coefficient (Wildman–Crippen LogP) is 0.296. The fraction of sp³-hybridized carbons (Fsp3) is 0. The van der Waals surface area contributed by atoms with E-state index in [4.69, 9.17) is 15.9 Å². The lowest BCUT2D eigenvalue weighted by atomic mass is 10.4. The Kier molecular flexibility index (Phi) is 1.59. The number of nitrogens with zero attached hydrogens (tertiary/aromatic N) is 3. The van der Waals surface area contributed by atoms with Crippen LogP contribution in [0.25, 0.3) is 11.6 Å². The van der Waals surface area contributed by atoms with E-state index in [0.29, 0.717) is 11.6 Å². The van der Waals surface area contributed by atoms with Gasteiger partial charge in [0.2, 0.25) is 17.7 Å². The molecule has 0 bridgehead atoms. The summed E-state index contributed by atoms with van der Waals surface area (Å²) in [5, 5.41) is 0. The van der Waals surface area contributed by atoms with Crippen LogP contribution in [-0.2, 0) is 0 Å². The van der Waals surface area contributed by atoms with Gasteiger partial charge in [-0.25, -0.2) is 0 Å². The van der Waals surface area contributed by atoms with Crippen LogP contribution in [0.5, 0.6) is 0 Å². The predicted molar refractivity (Wildman–Crippen MR) is 46.4 cm³/mol. The van der Waals surface area contributed by atoms with Crippen molar-refractivity contribution in [1.29, 1.82) is 0 Å². The van der Waals surface area contributed by atoms with Crippen LogP contribution in [0.1, 0.15) is 0 Å². The van der Waals surface area contributed by atoms with E-state index in [1.165, 1.54) is 6.26 Å². The molecule has 0 aliphatic heterocycles. The zero-order valence-corrected chi connectivity index (χ0v) is 6.64. The van der Waals surface area contributed by atoms with E-state index >= 15 is 0 Å². The maximum absolute atomic E-state index is 5.38. The van der Waals surface area contributed by atoms with Crippen LogP contribution in [0, 0.1) is 0 Å². The third-order valence-electron chi connectivity index (χ3n) is 1.41. The van der Waals surface area contributed by atoms with Crippen LogP contribution in [0.15, 0.2) is 22.8 Å². The molecule has 66 valence electrons. The van der Waals surface area contributed by atoms with Crippen molar-refractivity contribution in [2.45, 2.75) is 0 Å². The lowest BCUT2D eigenvalue weighted by Crippen LogP contribution is -2.03. The fourth-order valence-electron chi connectivity index (χ4n) is 0.925. The molecule has 0 saturated heterocycles. The highest BCUT2D eigenvalue weighted by atomic mass is 16.3. The number of nitrogens with two attached hydrogens (primary N) is 2. The quantitative estimate of drug-likeness (QED) is 0.649. The topological polar surface area (TPSA) is 104 Å². The van der Waals surface area contributed by atoms with Gasteiger partial charge in [-0.05, 0) is 12.1 Å². The molecule has 0 aliphatic rings. The van der Waals surface area contributed by atoms with E-state index in [1.54, 1.807) is 12.1 Å². The van der Waals surface area contributed by atoms with E-state index in [2.05, 4.69) is 15.0 Å². The molecule has 2 aromatic heterocycles. The first kappa shape index (κ1) is 7.53. The molecule has 0 saturated carbocycles. The first-order valence-electron chi connectivity index (χ1n) is 3.56. The molecule has 6 nitrogen and oxygen atoms in total. The van der Waals surface area contributed by atoms with Crippen LogP contribution in [0.3, 0.4) is 0 Å². The molecule has 0 aromatic carbocycles. The Bertz CT molecular complexity index is 391. The van der Waals surface area contributed by atoms with Crippen LogP contribution in [0.4, 0.5) is 11.9 Å². The number of anilines is 2. The highest BCUT2D eigenvalue weighted by molar-refractivity contribution is 5.49. The Morgan fingerprint density at radius 3 is 2.31 bits per heavy atom. The van der Waals surface area contributed by atoms with Gasteiger partial charge in [-0.2, -0.15) is 15.0 Å². The summed E-state index contributed by atoms with van der Waals surface area (Å²) in [6.07, 6.45) is 1.52. The van der Waals surface area contributed by atoms with E-state index in [1.807, 2.05) is 0 Å². The van der Waals surface area contributed by atoms with Gasteiger partial charge in [0, 0.05) is 0 Å². The second-order valence-corrected chi connectivity index (χ2v) is 2.35. The maximum atomic E-state index is 5.38. The van der Waals surface area contributed by atoms with Crippen LogP contribution in [0.2, 0.25) is 0 Å². The van der Waals surface area contributed by atoms with E-state index < -0.39 is 0 Å². The molecule has 2 rings (SSSR count). The van der Waals surface area contributed by atoms with Crippen molar-refractivity contribution in [2.24, 2.45) is 0 Å². The monoisotopic (exact) mass is 177 g/mol. The van der Waals surface area contributed by atoms with Gasteiger partial charge < -0.3 is 15.9 Å². The lowest BCUT2D eigenvalue weighted by Gasteiger charge is -1.97. The van der Waals surface area contributed by atoms with Crippen LogP contribution < -0.4 is 11.5 Å². The molecule has 0 unspecified atom stereocenters. The number of aromatic nitrogens is 3. The number of rotatable bonds is 1. The second kappa shape index (κ2) is 2.74. The first-order valence-corrected chi connectivity index (χ1v) is 3.56. The zero-order valence-electron chi connectivity index (χ0n) is 6.64. The Balaban J connectivity index is 2.53. The minimum atomic E-state index is 0.0823. The molecule has 0 aliphatic carbocycles. The number of furan rings is 1. The summed E-state index contributed by atoms with van der Waals surface area (Å²) in [7, 11) is 0. The summed E-state index contributed by atoms with van der Waals surface area (Å²) >= 11 is 0. The lowest BCUT2D eigenvalue weighted by molar-refractivity contribution is 0.577. The van der Waals surface area contributed by atoms with Gasteiger partial charge in [0.15, 0.2) is 5.76 Å². The average molecular weight is 177 g/mol. The third kappa shape index (κ3) is 1.41. The summed E-state index contributed by atoms with van der Waals surface area (Å²) in [6, 6.07) is 3.44. The van der Waals surface area contributed by atoms with Crippen molar-refractivity contribution in [1.82, 2.24) is 15.0 Å². The van der Waals surface area contributed by atoms with Crippen molar-refractivity contribution < 1.29 is 4.42 Å². The van der Waals surface area contributed by atoms with Gasteiger partial charge in [-0.15, -0.1) is 0 Å². The van der Waals surface area contributed by atoms with E-state index in [-0.39, 0.29) is 11.9 Å². The first-order chi connectivity index (χ1) is 6.25. The Labute approximate surface area is 73.6 Å². The normalized spacial score (nSPS) is 10.2. The highest BCUT2D eigenvalue weighted by Crippen LogP contribution is 2.15. The van der Waals surface area contributed by atoms with Gasteiger partial charge >= 0.3 is 0 Å². The smallest absolute Gasteiger partial charge is 0.225 e. The Morgan fingerprint density at radius 1 is 1.08 bits per heavy atom. The largest absolute Gasteiger partial charge is 0.461 e. The van der Waals surface area contributed by atoms with Crippen molar-refractivity contribution in [3.8, 4) is 11.6 Å². The van der Waals surface area contributed by atoms with Crippen molar-refractivity contribution in [2.75, 3.05) is 11.5 Å². The van der Waals surface area contributed by atoms with E-state index in [9.17, 15) is 0 Å². The van der Waals surface area contributed by atoms with Crippen LogP contribution in [-0.4, -0.2) is 15.0 Å². The number of hydrogen-bond donors (Lipinski definition) is 2. The second-order valence-electron chi connectivity index (χ2n) is 2.35. The third-order valence-corrected chi connectivity index (χ3v) is 1.41. The average Bonchev–Trinajstić information content (AvgIpc) is 2.53. The van der Waals surface area contributed by atoms with Crippen LogP contribution >= 0.6 is 0 Å².